The number of nitrogens with zero attached hydrogens (tertiary/aromatic N) is 3. The molecule has 1 unspecified atom stereocenters. The first-order valence-electron chi connectivity index (χ1n) is 18.2. The fraction of sp³-hybridized carbons (Fsp3) is 0.122. The van der Waals surface area contributed by atoms with Gasteiger partial charge in [0.1, 0.15) is 0 Å². The van der Waals surface area contributed by atoms with E-state index in [9.17, 15) is 0 Å². The molecule has 0 N–H and O–H groups in total. The van der Waals surface area contributed by atoms with E-state index in [-0.39, 0.29) is 5.41 Å². The van der Waals surface area contributed by atoms with Gasteiger partial charge in [-0.3, -0.25) is 4.98 Å². The fourth-order valence-corrected chi connectivity index (χ4v) is 8.15. The Morgan fingerprint density at radius 3 is 2.08 bits per heavy atom. The van der Waals surface area contributed by atoms with Gasteiger partial charge in [-0.25, -0.2) is 9.97 Å². The predicted octanol–water partition coefficient (Wildman–Crippen LogP) is 12.5. The quantitative estimate of drug-likeness (QED) is 0.177. The second-order valence-corrected chi connectivity index (χ2v) is 14.5. The first kappa shape index (κ1) is 31.8. The molecule has 0 amide bonds. The van der Waals surface area contributed by atoms with Crippen molar-refractivity contribution in [2.45, 2.75) is 32.6 Å². The van der Waals surface area contributed by atoms with Gasteiger partial charge in [0.2, 0.25) is 0 Å². The molecule has 2 aliphatic carbocycles. The molecule has 9 rings (SSSR count). The minimum Gasteiger partial charge on any atom is -0.264 e. The lowest BCUT2D eigenvalue weighted by Gasteiger charge is -2.22. The van der Waals surface area contributed by atoms with Crippen molar-refractivity contribution >= 4 is 5.57 Å². The van der Waals surface area contributed by atoms with Crippen LogP contribution in [0.1, 0.15) is 44.0 Å². The molecule has 0 aliphatic heterocycles. The molecule has 7 aromatic rings. The van der Waals surface area contributed by atoms with Gasteiger partial charge in [-0.05, 0) is 86.2 Å². The summed E-state index contributed by atoms with van der Waals surface area (Å²) in [6, 6.07) is 47.8. The summed E-state index contributed by atoms with van der Waals surface area (Å²) in [7, 11) is 0. The monoisotopic (exact) mass is 669 g/mol. The minimum atomic E-state index is -0.106. The van der Waals surface area contributed by atoms with Gasteiger partial charge >= 0.3 is 0 Å². The predicted molar refractivity (Wildman–Crippen MR) is 215 cm³/mol. The number of hydrogen-bond acceptors (Lipinski definition) is 3. The molecular weight excluding hydrogens is 631 g/mol. The summed E-state index contributed by atoms with van der Waals surface area (Å²) < 4.78 is 0. The van der Waals surface area contributed by atoms with Gasteiger partial charge in [0.15, 0.2) is 5.82 Å². The third-order valence-electron chi connectivity index (χ3n) is 10.9. The highest BCUT2D eigenvalue weighted by Gasteiger charge is 2.37. The van der Waals surface area contributed by atoms with Crippen molar-refractivity contribution in [2.24, 2.45) is 5.92 Å². The lowest BCUT2D eigenvalue weighted by Crippen LogP contribution is -2.14. The third-order valence-corrected chi connectivity index (χ3v) is 10.9. The standard InChI is InChI=1S/C49H39N3/c1-32-15-10-11-20-36(32)45-30-46(37-26-25-35(33-16-6-4-7-17-33)29-41(37)34-18-8-5-9-19-34)52-48(51-45)39-27-28-50-31-42(39)38-22-14-24-44-47(38)40-21-12-13-23-43(40)49(44,2)3/h4-14,16-32H,15H2,1-3H3. The van der Waals surface area contributed by atoms with Crippen molar-refractivity contribution in [3.63, 3.8) is 0 Å². The molecule has 0 bridgehead atoms. The van der Waals surface area contributed by atoms with Crippen molar-refractivity contribution in [3.05, 3.63) is 181 Å². The lowest BCUT2D eigenvalue weighted by molar-refractivity contribution is 0.660. The van der Waals surface area contributed by atoms with Crippen LogP contribution in [0.4, 0.5) is 0 Å². The van der Waals surface area contributed by atoms with Crippen molar-refractivity contribution in [1.29, 1.82) is 0 Å². The molecule has 1 atom stereocenters. The normalized spacial score (nSPS) is 15.5. The molecule has 2 aromatic heterocycles. The maximum atomic E-state index is 5.45. The SMILES string of the molecule is CC1CC=CC=C1c1cc(-c2ccc(-c3ccccc3)cc2-c2ccccc2)nc(-c2ccncc2-c2cccc3c2-c2ccccc2C3(C)C)n1. The van der Waals surface area contributed by atoms with E-state index in [2.05, 4.69) is 177 Å². The second-order valence-electron chi connectivity index (χ2n) is 14.5. The first-order chi connectivity index (χ1) is 25.5. The van der Waals surface area contributed by atoms with E-state index < -0.39 is 0 Å². The minimum absolute atomic E-state index is 0.106. The first-order valence-corrected chi connectivity index (χ1v) is 18.2. The third kappa shape index (κ3) is 5.41. The zero-order chi connectivity index (χ0) is 35.2. The Labute approximate surface area is 306 Å². The Hall–Kier alpha value is -6.19. The highest BCUT2D eigenvalue weighted by molar-refractivity contribution is 5.96. The van der Waals surface area contributed by atoms with Crippen LogP contribution >= 0.6 is 0 Å². The van der Waals surface area contributed by atoms with Gasteiger partial charge < -0.3 is 0 Å². The number of benzene rings is 5. The summed E-state index contributed by atoms with van der Waals surface area (Å²) in [5.41, 5.74) is 17.1. The van der Waals surface area contributed by atoms with Crippen LogP contribution in [0.15, 0.2) is 164 Å². The van der Waals surface area contributed by atoms with Gasteiger partial charge in [0.25, 0.3) is 0 Å². The molecule has 3 heteroatoms. The second kappa shape index (κ2) is 12.9. The van der Waals surface area contributed by atoms with E-state index in [1.807, 2.05) is 12.4 Å². The van der Waals surface area contributed by atoms with E-state index in [1.165, 1.54) is 39.0 Å². The molecule has 3 nitrogen and oxygen atoms in total. The zero-order valence-electron chi connectivity index (χ0n) is 29.7. The summed E-state index contributed by atoms with van der Waals surface area (Å²) in [6.45, 7) is 6.93. The van der Waals surface area contributed by atoms with Crippen LogP contribution in [0.5, 0.6) is 0 Å². The van der Waals surface area contributed by atoms with E-state index in [0.29, 0.717) is 11.7 Å². The van der Waals surface area contributed by atoms with E-state index in [4.69, 9.17) is 9.97 Å². The topological polar surface area (TPSA) is 38.7 Å². The number of rotatable bonds is 6. The van der Waals surface area contributed by atoms with Crippen molar-refractivity contribution < 1.29 is 0 Å². The summed E-state index contributed by atoms with van der Waals surface area (Å²) in [5, 5.41) is 0. The number of allylic oxidation sites excluding steroid dienone is 4. The Morgan fingerprint density at radius 1 is 0.558 bits per heavy atom. The largest absolute Gasteiger partial charge is 0.264 e. The van der Waals surface area contributed by atoms with Crippen LogP contribution in [0.25, 0.3) is 72.7 Å². The molecule has 0 fully saturated rings. The summed E-state index contributed by atoms with van der Waals surface area (Å²) in [6.07, 6.45) is 11.5. The van der Waals surface area contributed by atoms with Crippen LogP contribution in [-0.4, -0.2) is 15.0 Å². The molecule has 0 saturated heterocycles. The van der Waals surface area contributed by atoms with Crippen LogP contribution < -0.4 is 0 Å². The van der Waals surface area contributed by atoms with Gasteiger partial charge in [0, 0.05) is 34.5 Å². The molecule has 2 aliphatic rings. The van der Waals surface area contributed by atoms with Crippen molar-refractivity contribution in [2.75, 3.05) is 0 Å². The molecule has 250 valence electrons. The Bertz CT molecular complexity index is 2530. The summed E-state index contributed by atoms with van der Waals surface area (Å²) in [5.74, 6) is 1.03. The highest BCUT2D eigenvalue weighted by Crippen LogP contribution is 2.52. The average molecular weight is 670 g/mol. The molecule has 0 radical (unpaired) electrons. The van der Waals surface area contributed by atoms with Crippen LogP contribution in [-0.2, 0) is 5.41 Å². The molecule has 0 saturated carbocycles. The molecule has 5 aromatic carbocycles. The number of hydrogen-bond donors (Lipinski definition) is 0. The van der Waals surface area contributed by atoms with Crippen molar-refractivity contribution in [1.82, 2.24) is 15.0 Å². The molecule has 2 heterocycles. The Balaban J connectivity index is 1.28. The maximum Gasteiger partial charge on any atom is 0.161 e. The fourth-order valence-electron chi connectivity index (χ4n) is 8.15. The average Bonchev–Trinajstić information content (AvgIpc) is 3.44. The van der Waals surface area contributed by atoms with E-state index in [1.54, 1.807) is 0 Å². The van der Waals surface area contributed by atoms with Crippen LogP contribution in [0.2, 0.25) is 0 Å². The summed E-state index contributed by atoms with van der Waals surface area (Å²) in [4.78, 5) is 15.5. The number of aromatic nitrogens is 3. The molecule has 52 heavy (non-hydrogen) atoms. The zero-order valence-corrected chi connectivity index (χ0v) is 29.7. The smallest absolute Gasteiger partial charge is 0.161 e. The molecular formula is C49H39N3. The number of pyridine rings is 1. The Kier molecular flexibility index (Phi) is 7.85. The van der Waals surface area contributed by atoms with Crippen LogP contribution in [0.3, 0.4) is 0 Å². The van der Waals surface area contributed by atoms with Crippen LogP contribution in [0, 0.1) is 5.92 Å². The maximum absolute atomic E-state index is 5.45. The van der Waals surface area contributed by atoms with Gasteiger partial charge in [-0.2, -0.15) is 0 Å². The lowest BCUT2D eigenvalue weighted by atomic mass is 9.82. The summed E-state index contributed by atoms with van der Waals surface area (Å²) >= 11 is 0. The van der Waals surface area contributed by atoms with Gasteiger partial charge in [-0.15, -0.1) is 0 Å². The number of fused-ring (bicyclic) bond motifs is 3. The van der Waals surface area contributed by atoms with Gasteiger partial charge in [0.05, 0.1) is 11.4 Å². The van der Waals surface area contributed by atoms with Gasteiger partial charge in [-0.1, -0.05) is 154 Å². The van der Waals surface area contributed by atoms with E-state index in [0.717, 1.165) is 51.2 Å². The molecule has 0 spiro atoms. The highest BCUT2D eigenvalue weighted by atomic mass is 14.9. The van der Waals surface area contributed by atoms with Crippen molar-refractivity contribution in [3.8, 4) is 67.2 Å². The Morgan fingerprint density at radius 2 is 1.27 bits per heavy atom. The van der Waals surface area contributed by atoms with E-state index >= 15 is 0 Å².